The highest BCUT2D eigenvalue weighted by Gasteiger charge is 2.23. The fraction of sp³-hybridized carbons (Fsp3) is 0.625. The second-order valence-corrected chi connectivity index (χ2v) is 5.59. The molecular formula is C16H25NO. The number of anilines is 1. The Morgan fingerprint density at radius 1 is 1.28 bits per heavy atom. The van der Waals surface area contributed by atoms with Crippen molar-refractivity contribution in [1.82, 2.24) is 0 Å². The molecule has 0 aromatic heterocycles. The van der Waals surface area contributed by atoms with Gasteiger partial charge in [0.1, 0.15) is 5.75 Å². The summed E-state index contributed by atoms with van der Waals surface area (Å²) in [5.74, 6) is 1.88. The molecule has 0 aliphatic heterocycles. The van der Waals surface area contributed by atoms with Crippen LogP contribution in [0.3, 0.4) is 0 Å². The van der Waals surface area contributed by atoms with Gasteiger partial charge in [-0.15, -0.1) is 0 Å². The number of hydrogen-bond donors (Lipinski definition) is 1. The smallest absolute Gasteiger partial charge is 0.142 e. The summed E-state index contributed by atoms with van der Waals surface area (Å²) in [5.41, 5.74) is 1.15. The molecule has 0 spiro atoms. The van der Waals surface area contributed by atoms with Crippen LogP contribution in [-0.4, -0.2) is 12.1 Å². The van der Waals surface area contributed by atoms with Crippen LogP contribution < -0.4 is 10.1 Å². The summed E-state index contributed by atoms with van der Waals surface area (Å²) in [6, 6.07) is 8.89. The second kappa shape index (κ2) is 6.12. The lowest BCUT2D eigenvalue weighted by Crippen LogP contribution is -2.17. The molecule has 0 bridgehead atoms. The lowest BCUT2D eigenvalue weighted by atomic mass is 10.1. The van der Waals surface area contributed by atoms with Gasteiger partial charge in [-0.3, -0.25) is 0 Å². The first kappa shape index (κ1) is 13.3. The molecule has 1 aliphatic rings. The summed E-state index contributed by atoms with van der Waals surface area (Å²) in [5, 5.41) is 3.65. The highest BCUT2D eigenvalue weighted by atomic mass is 16.5. The van der Waals surface area contributed by atoms with E-state index in [0.717, 1.165) is 17.4 Å². The molecule has 18 heavy (non-hydrogen) atoms. The molecule has 2 rings (SSSR count). The van der Waals surface area contributed by atoms with Crippen molar-refractivity contribution in [1.29, 1.82) is 0 Å². The van der Waals surface area contributed by atoms with Crippen LogP contribution in [-0.2, 0) is 0 Å². The van der Waals surface area contributed by atoms with Crippen LogP contribution in [0, 0.1) is 5.92 Å². The third-order valence-electron chi connectivity index (χ3n) is 3.73. The molecule has 0 radical (unpaired) electrons. The van der Waals surface area contributed by atoms with Gasteiger partial charge in [0.25, 0.3) is 0 Å². The van der Waals surface area contributed by atoms with Gasteiger partial charge < -0.3 is 10.1 Å². The fourth-order valence-electron chi connectivity index (χ4n) is 2.74. The SMILES string of the molecule is CCC1CCC(Nc2ccccc2OC(C)C)C1. The predicted molar refractivity (Wildman–Crippen MR) is 77.2 cm³/mol. The van der Waals surface area contributed by atoms with Gasteiger partial charge in [0, 0.05) is 6.04 Å². The first-order valence-corrected chi connectivity index (χ1v) is 7.21. The van der Waals surface area contributed by atoms with Gasteiger partial charge in [-0.05, 0) is 51.2 Å². The van der Waals surface area contributed by atoms with E-state index >= 15 is 0 Å². The third kappa shape index (κ3) is 3.41. The minimum Gasteiger partial charge on any atom is -0.489 e. The number of ether oxygens (including phenoxy) is 1. The zero-order valence-corrected chi connectivity index (χ0v) is 11.8. The van der Waals surface area contributed by atoms with Gasteiger partial charge in [0.15, 0.2) is 0 Å². The van der Waals surface area contributed by atoms with Crippen LogP contribution in [0.2, 0.25) is 0 Å². The van der Waals surface area contributed by atoms with Crippen molar-refractivity contribution in [3.05, 3.63) is 24.3 Å². The van der Waals surface area contributed by atoms with Crippen molar-refractivity contribution in [2.45, 2.75) is 58.6 Å². The van der Waals surface area contributed by atoms with E-state index in [1.807, 2.05) is 6.07 Å². The third-order valence-corrected chi connectivity index (χ3v) is 3.73. The number of hydrogen-bond acceptors (Lipinski definition) is 2. The van der Waals surface area contributed by atoms with E-state index in [1.165, 1.54) is 25.7 Å². The summed E-state index contributed by atoms with van der Waals surface area (Å²) >= 11 is 0. The van der Waals surface area contributed by atoms with E-state index in [0.29, 0.717) is 6.04 Å². The van der Waals surface area contributed by atoms with E-state index in [-0.39, 0.29) is 6.10 Å². The maximum absolute atomic E-state index is 5.85. The van der Waals surface area contributed by atoms with E-state index in [2.05, 4.69) is 44.3 Å². The number of benzene rings is 1. The van der Waals surface area contributed by atoms with E-state index < -0.39 is 0 Å². The first-order chi connectivity index (χ1) is 8.69. The van der Waals surface area contributed by atoms with Gasteiger partial charge in [-0.1, -0.05) is 25.5 Å². The highest BCUT2D eigenvalue weighted by molar-refractivity contribution is 5.56. The summed E-state index contributed by atoms with van der Waals surface area (Å²) in [4.78, 5) is 0. The zero-order valence-electron chi connectivity index (χ0n) is 11.8. The molecule has 0 heterocycles. The summed E-state index contributed by atoms with van der Waals surface area (Å²) in [7, 11) is 0. The molecular weight excluding hydrogens is 222 g/mol. The van der Waals surface area contributed by atoms with Crippen LogP contribution in [0.1, 0.15) is 46.5 Å². The van der Waals surface area contributed by atoms with Crippen LogP contribution in [0.5, 0.6) is 5.75 Å². The Balaban J connectivity index is 2.00. The van der Waals surface area contributed by atoms with Crippen molar-refractivity contribution in [3.8, 4) is 5.75 Å². The number of nitrogens with one attached hydrogen (secondary N) is 1. The molecule has 1 aliphatic carbocycles. The molecule has 0 amide bonds. The van der Waals surface area contributed by atoms with Gasteiger partial charge in [0.2, 0.25) is 0 Å². The maximum atomic E-state index is 5.85. The van der Waals surface area contributed by atoms with Crippen molar-refractivity contribution in [2.24, 2.45) is 5.92 Å². The molecule has 2 heteroatoms. The van der Waals surface area contributed by atoms with Crippen LogP contribution in [0.25, 0.3) is 0 Å². The molecule has 1 saturated carbocycles. The average Bonchev–Trinajstić information content (AvgIpc) is 2.79. The summed E-state index contributed by atoms with van der Waals surface area (Å²) in [6.45, 7) is 6.43. The fourth-order valence-corrected chi connectivity index (χ4v) is 2.74. The Morgan fingerprint density at radius 2 is 2.06 bits per heavy atom. The van der Waals surface area contributed by atoms with Crippen molar-refractivity contribution >= 4 is 5.69 Å². The largest absolute Gasteiger partial charge is 0.489 e. The standard InChI is InChI=1S/C16H25NO/c1-4-13-9-10-14(11-13)17-15-7-5-6-8-16(15)18-12(2)3/h5-8,12-14,17H,4,9-11H2,1-3H3. The highest BCUT2D eigenvalue weighted by Crippen LogP contribution is 2.33. The molecule has 2 unspecified atom stereocenters. The normalized spacial score (nSPS) is 23.3. The van der Waals surface area contributed by atoms with Gasteiger partial charge in [0.05, 0.1) is 11.8 Å². The molecule has 1 aromatic rings. The molecule has 1 aromatic carbocycles. The summed E-state index contributed by atoms with van der Waals surface area (Å²) < 4.78 is 5.85. The van der Waals surface area contributed by atoms with E-state index in [9.17, 15) is 0 Å². The Kier molecular flexibility index (Phi) is 4.51. The molecule has 100 valence electrons. The van der Waals surface area contributed by atoms with E-state index in [4.69, 9.17) is 4.74 Å². The van der Waals surface area contributed by atoms with Crippen molar-refractivity contribution in [2.75, 3.05) is 5.32 Å². The van der Waals surface area contributed by atoms with Crippen LogP contribution in [0.4, 0.5) is 5.69 Å². The minimum atomic E-state index is 0.222. The van der Waals surface area contributed by atoms with Gasteiger partial charge in [-0.2, -0.15) is 0 Å². The minimum absolute atomic E-state index is 0.222. The molecule has 2 nitrogen and oxygen atoms in total. The number of rotatable bonds is 5. The zero-order chi connectivity index (χ0) is 13.0. The van der Waals surface area contributed by atoms with E-state index in [1.54, 1.807) is 0 Å². The molecule has 2 atom stereocenters. The first-order valence-electron chi connectivity index (χ1n) is 7.21. The Labute approximate surface area is 111 Å². The Bertz CT molecular complexity index is 375. The lowest BCUT2D eigenvalue weighted by molar-refractivity contribution is 0.243. The maximum Gasteiger partial charge on any atom is 0.142 e. The van der Waals surface area contributed by atoms with Crippen LogP contribution in [0.15, 0.2) is 24.3 Å². The second-order valence-electron chi connectivity index (χ2n) is 5.59. The molecule has 1 fully saturated rings. The number of para-hydroxylation sites is 2. The van der Waals surface area contributed by atoms with Crippen molar-refractivity contribution < 1.29 is 4.74 Å². The molecule has 1 N–H and O–H groups in total. The summed E-state index contributed by atoms with van der Waals surface area (Å²) in [6.07, 6.45) is 5.48. The predicted octanol–water partition coefficient (Wildman–Crippen LogP) is 4.46. The van der Waals surface area contributed by atoms with Crippen molar-refractivity contribution in [3.63, 3.8) is 0 Å². The average molecular weight is 247 g/mol. The Morgan fingerprint density at radius 3 is 2.72 bits per heavy atom. The quantitative estimate of drug-likeness (QED) is 0.829. The Hall–Kier alpha value is -1.18. The lowest BCUT2D eigenvalue weighted by Gasteiger charge is -2.19. The monoisotopic (exact) mass is 247 g/mol. The van der Waals surface area contributed by atoms with Gasteiger partial charge >= 0.3 is 0 Å². The molecule has 0 saturated heterocycles. The van der Waals surface area contributed by atoms with Crippen LogP contribution >= 0.6 is 0 Å². The van der Waals surface area contributed by atoms with Gasteiger partial charge in [-0.25, -0.2) is 0 Å². The topological polar surface area (TPSA) is 21.3 Å².